The van der Waals surface area contributed by atoms with E-state index in [0.29, 0.717) is 0 Å². The van der Waals surface area contributed by atoms with Gasteiger partial charge in [0.25, 0.3) is 0 Å². The molecule has 2 heteroatoms. The maximum Gasteiger partial charge on any atom is 0.154 e. The Morgan fingerprint density at radius 2 is 1.10 bits per heavy atom. The highest BCUT2D eigenvalue weighted by Gasteiger charge is 1.87. The van der Waals surface area contributed by atoms with Crippen LogP contribution in [-0.4, -0.2) is 20.5 Å². The summed E-state index contributed by atoms with van der Waals surface area (Å²) >= 11 is 0. The first-order valence-electron chi connectivity index (χ1n) is 2.87. The molecular formula is C8H24O2. The summed E-state index contributed by atoms with van der Waals surface area (Å²) < 4.78 is 9.35. The molecule has 0 aliphatic heterocycles. The predicted molar refractivity (Wildman–Crippen MR) is 48.3 cm³/mol. The van der Waals surface area contributed by atoms with Crippen molar-refractivity contribution < 1.29 is 9.47 Å². The van der Waals surface area contributed by atoms with Gasteiger partial charge in [-0.3, -0.25) is 0 Å². The second-order valence-corrected chi connectivity index (χ2v) is 1.04. The minimum Gasteiger partial charge on any atom is -0.356 e. The van der Waals surface area contributed by atoms with Gasteiger partial charge in [-0.2, -0.15) is 0 Å². The first kappa shape index (κ1) is 22.5. The van der Waals surface area contributed by atoms with Gasteiger partial charge in [0.15, 0.2) is 6.29 Å². The molecule has 0 aromatic rings. The van der Waals surface area contributed by atoms with Gasteiger partial charge in [0.05, 0.1) is 0 Å². The van der Waals surface area contributed by atoms with Gasteiger partial charge in [-0.25, -0.2) is 0 Å². The van der Waals surface area contributed by atoms with Crippen molar-refractivity contribution in [3.63, 3.8) is 0 Å². The summed E-state index contributed by atoms with van der Waals surface area (Å²) in [4.78, 5) is 0. The zero-order valence-electron chi connectivity index (χ0n) is 6.39. The second kappa shape index (κ2) is 23.1. The van der Waals surface area contributed by atoms with Crippen LogP contribution in [0.5, 0.6) is 0 Å². The van der Waals surface area contributed by atoms with Gasteiger partial charge in [-0.1, -0.05) is 28.7 Å². The zero-order chi connectivity index (χ0) is 6.99. The first-order valence-corrected chi connectivity index (χ1v) is 2.87. The Morgan fingerprint density at radius 3 is 1.10 bits per heavy atom. The third-order valence-electron chi connectivity index (χ3n) is 0.664. The largest absolute Gasteiger partial charge is 0.356 e. The van der Waals surface area contributed by atoms with E-state index in [-0.39, 0.29) is 21.1 Å². The van der Waals surface area contributed by atoms with Gasteiger partial charge in [-0.05, 0) is 6.92 Å². The molecule has 0 aliphatic carbocycles. The molecule has 0 amide bonds. The summed E-state index contributed by atoms with van der Waals surface area (Å²) in [5.41, 5.74) is 0. The molecule has 0 saturated heterocycles. The Hall–Kier alpha value is -0.0800. The van der Waals surface area contributed by atoms with Crippen molar-refractivity contribution in [2.75, 3.05) is 14.2 Å². The van der Waals surface area contributed by atoms with Crippen molar-refractivity contribution in [1.29, 1.82) is 0 Å². The summed E-state index contributed by atoms with van der Waals surface area (Å²) in [7, 11) is 3.21. The van der Waals surface area contributed by atoms with Gasteiger partial charge >= 0.3 is 0 Å². The van der Waals surface area contributed by atoms with Crippen LogP contribution in [0.15, 0.2) is 0 Å². The van der Waals surface area contributed by atoms with E-state index in [0.717, 1.165) is 0 Å². The fraction of sp³-hybridized carbons (Fsp3) is 1.00. The SMILES string of the molecule is C.C.CC.COC(C)OC. The Morgan fingerprint density at radius 1 is 0.900 bits per heavy atom. The maximum atomic E-state index is 4.68. The van der Waals surface area contributed by atoms with Crippen LogP contribution in [0.2, 0.25) is 0 Å². The fourth-order valence-electron chi connectivity index (χ4n) is 0.0962. The monoisotopic (exact) mass is 152 g/mol. The minimum absolute atomic E-state index is 0. The van der Waals surface area contributed by atoms with E-state index in [1.807, 2.05) is 20.8 Å². The molecule has 10 heavy (non-hydrogen) atoms. The van der Waals surface area contributed by atoms with Crippen molar-refractivity contribution in [3.05, 3.63) is 0 Å². The van der Waals surface area contributed by atoms with E-state index in [1.54, 1.807) is 14.2 Å². The average Bonchev–Trinajstić information content (AvgIpc) is 1.91. The Bertz CT molecular complexity index is 26.4. The molecule has 0 radical (unpaired) electrons. The molecule has 0 aromatic carbocycles. The van der Waals surface area contributed by atoms with Crippen LogP contribution < -0.4 is 0 Å². The third-order valence-corrected chi connectivity index (χ3v) is 0.664. The molecule has 0 spiro atoms. The summed E-state index contributed by atoms with van der Waals surface area (Å²) in [5, 5.41) is 0. The van der Waals surface area contributed by atoms with Gasteiger partial charge < -0.3 is 9.47 Å². The van der Waals surface area contributed by atoms with Crippen molar-refractivity contribution in [2.45, 2.75) is 41.9 Å². The van der Waals surface area contributed by atoms with E-state index in [9.17, 15) is 0 Å². The molecule has 0 heterocycles. The smallest absolute Gasteiger partial charge is 0.154 e. The molecule has 0 fully saturated rings. The number of methoxy groups -OCH3 is 2. The summed E-state index contributed by atoms with van der Waals surface area (Å²) in [6.45, 7) is 5.83. The van der Waals surface area contributed by atoms with Crippen LogP contribution >= 0.6 is 0 Å². The molecule has 0 unspecified atom stereocenters. The lowest BCUT2D eigenvalue weighted by Crippen LogP contribution is -2.05. The van der Waals surface area contributed by atoms with Gasteiger partial charge in [0.1, 0.15) is 0 Å². The number of hydrogen-bond donors (Lipinski definition) is 0. The maximum absolute atomic E-state index is 4.68. The molecule has 0 bridgehead atoms. The quantitative estimate of drug-likeness (QED) is 0.566. The Kier molecular flexibility index (Phi) is 52.1. The Balaban J connectivity index is -0.0000000412. The molecule has 68 valence electrons. The third kappa shape index (κ3) is 24.7. The first-order chi connectivity index (χ1) is 3.81. The van der Waals surface area contributed by atoms with Crippen molar-refractivity contribution >= 4 is 0 Å². The van der Waals surface area contributed by atoms with Crippen LogP contribution in [0.4, 0.5) is 0 Å². The average molecular weight is 152 g/mol. The molecular weight excluding hydrogens is 128 g/mol. The molecule has 2 nitrogen and oxygen atoms in total. The van der Waals surface area contributed by atoms with Crippen LogP contribution in [0.1, 0.15) is 35.6 Å². The van der Waals surface area contributed by atoms with E-state index in [2.05, 4.69) is 9.47 Å². The van der Waals surface area contributed by atoms with Gasteiger partial charge in [-0.15, -0.1) is 0 Å². The number of hydrogen-bond acceptors (Lipinski definition) is 2. The van der Waals surface area contributed by atoms with E-state index in [1.165, 1.54) is 0 Å². The molecule has 0 saturated carbocycles. The molecule has 0 rings (SSSR count). The lowest BCUT2D eigenvalue weighted by Gasteiger charge is -2.03. The summed E-state index contributed by atoms with van der Waals surface area (Å²) in [5.74, 6) is 0. The zero-order valence-corrected chi connectivity index (χ0v) is 6.39. The van der Waals surface area contributed by atoms with Gasteiger partial charge in [0, 0.05) is 14.2 Å². The van der Waals surface area contributed by atoms with E-state index < -0.39 is 0 Å². The molecule has 0 atom stereocenters. The second-order valence-electron chi connectivity index (χ2n) is 1.04. The summed E-state index contributed by atoms with van der Waals surface area (Å²) in [6.07, 6.45) is -0.0648. The lowest BCUT2D eigenvalue weighted by atomic mass is 10.8. The lowest BCUT2D eigenvalue weighted by molar-refractivity contribution is -0.0877. The normalized spacial score (nSPS) is 6.60. The highest BCUT2D eigenvalue weighted by Crippen LogP contribution is 1.82. The standard InChI is InChI=1S/C4H10O2.C2H6.2CH4/c1-4(5-2)6-3;1-2;;/h4H,1-3H3;1-2H3;2*1H4. The van der Waals surface area contributed by atoms with E-state index in [4.69, 9.17) is 0 Å². The topological polar surface area (TPSA) is 18.5 Å². The molecule has 0 aromatic heterocycles. The van der Waals surface area contributed by atoms with Crippen LogP contribution in [0, 0.1) is 0 Å². The van der Waals surface area contributed by atoms with Crippen molar-refractivity contribution in [3.8, 4) is 0 Å². The fourth-order valence-corrected chi connectivity index (χ4v) is 0.0962. The highest BCUT2D eigenvalue weighted by molar-refractivity contribution is 4.17. The Labute approximate surface area is 66.5 Å². The highest BCUT2D eigenvalue weighted by atomic mass is 16.7. The van der Waals surface area contributed by atoms with Crippen LogP contribution in [0.3, 0.4) is 0 Å². The predicted octanol–water partition coefficient (Wildman–Crippen LogP) is 2.92. The number of rotatable bonds is 2. The summed E-state index contributed by atoms with van der Waals surface area (Å²) in [6, 6.07) is 0. The molecule has 0 aliphatic rings. The van der Waals surface area contributed by atoms with Crippen molar-refractivity contribution in [1.82, 2.24) is 0 Å². The molecule has 0 N–H and O–H groups in total. The van der Waals surface area contributed by atoms with Crippen LogP contribution in [0.25, 0.3) is 0 Å². The van der Waals surface area contributed by atoms with Crippen LogP contribution in [-0.2, 0) is 9.47 Å². The minimum atomic E-state index is -0.0648. The number of ether oxygens (including phenoxy) is 2. The van der Waals surface area contributed by atoms with Gasteiger partial charge in [0.2, 0.25) is 0 Å². The van der Waals surface area contributed by atoms with Crippen molar-refractivity contribution in [2.24, 2.45) is 0 Å². The van der Waals surface area contributed by atoms with E-state index >= 15 is 0 Å².